The van der Waals surface area contributed by atoms with E-state index in [1.807, 2.05) is 0 Å². The summed E-state index contributed by atoms with van der Waals surface area (Å²) in [5.74, 6) is -1.73. The van der Waals surface area contributed by atoms with Gasteiger partial charge in [-0.2, -0.15) is 13.2 Å². The van der Waals surface area contributed by atoms with Crippen molar-refractivity contribution in [2.24, 2.45) is 5.73 Å². The molecule has 0 spiro atoms. The number of halogens is 4. The number of hydrogen-bond acceptors (Lipinski definition) is 6. The van der Waals surface area contributed by atoms with E-state index in [2.05, 4.69) is 4.74 Å². The molecule has 2 aromatic carbocycles. The van der Waals surface area contributed by atoms with Crippen LogP contribution in [0.25, 0.3) is 0 Å². The average molecular weight is 432 g/mol. The van der Waals surface area contributed by atoms with Crippen LogP contribution >= 0.6 is 11.6 Å². The Morgan fingerprint density at radius 3 is 2.31 bits per heavy atom. The van der Waals surface area contributed by atoms with Crippen LogP contribution in [0.3, 0.4) is 0 Å². The van der Waals surface area contributed by atoms with Gasteiger partial charge in [0, 0.05) is 10.6 Å². The maximum absolute atomic E-state index is 12.9. The van der Waals surface area contributed by atoms with Crippen LogP contribution in [0.5, 0.6) is 5.75 Å². The topological polar surface area (TPSA) is 87.9 Å². The second-order valence-electron chi connectivity index (χ2n) is 5.67. The zero-order chi connectivity index (χ0) is 21.4. The summed E-state index contributed by atoms with van der Waals surface area (Å²) in [5, 5.41) is 0.397. The van der Waals surface area contributed by atoms with Crippen molar-refractivity contribution in [3.8, 4) is 5.75 Å². The molecule has 1 atom stereocenters. The molecule has 2 N–H and O–H groups in total. The SMILES string of the molecule is NCC(=O)OCCOC(=O)C(Oc1cccc(C(F)(F)F)c1)c1ccc(Cl)cc1. The van der Waals surface area contributed by atoms with E-state index in [1.165, 1.54) is 30.3 Å². The lowest BCUT2D eigenvalue weighted by Crippen LogP contribution is -2.24. The number of esters is 2. The van der Waals surface area contributed by atoms with Crippen LogP contribution in [0.4, 0.5) is 13.2 Å². The van der Waals surface area contributed by atoms with E-state index in [9.17, 15) is 22.8 Å². The van der Waals surface area contributed by atoms with Gasteiger partial charge in [-0.25, -0.2) is 4.79 Å². The Bertz CT molecular complexity index is 842. The highest BCUT2D eigenvalue weighted by molar-refractivity contribution is 6.30. The van der Waals surface area contributed by atoms with Crippen LogP contribution in [0, 0.1) is 0 Å². The number of carbonyl (C=O) groups excluding carboxylic acids is 2. The molecule has 0 bridgehead atoms. The molecule has 0 radical (unpaired) electrons. The molecule has 0 aromatic heterocycles. The summed E-state index contributed by atoms with van der Waals surface area (Å²) in [6, 6.07) is 10.1. The Balaban J connectivity index is 2.16. The Morgan fingerprint density at radius 1 is 1.03 bits per heavy atom. The third-order valence-electron chi connectivity index (χ3n) is 3.56. The predicted octanol–water partition coefficient (Wildman–Crippen LogP) is 3.52. The fraction of sp³-hybridized carbons (Fsp3) is 0.263. The highest BCUT2D eigenvalue weighted by Gasteiger charge is 2.31. The second kappa shape index (κ2) is 10.1. The first kappa shape index (κ1) is 22.5. The van der Waals surface area contributed by atoms with Gasteiger partial charge in [-0.1, -0.05) is 29.8 Å². The average Bonchev–Trinajstić information content (AvgIpc) is 2.69. The summed E-state index contributed by atoms with van der Waals surface area (Å²) in [7, 11) is 0. The molecule has 0 amide bonds. The monoisotopic (exact) mass is 431 g/mol. The van der Waals surface area contributed by atoms with Crippen LogP contribution < -0.4 is 10.5 Å². The van der Waals surface area contributed by atoms with E-state index in [4.69, 9.17) is 26.8 Å². The molecule has 0 saturated heterocycles. The molecule has 0 fully saturated rings. The minimum atomic E-state index is -4.57. The number of nitrogens with two attached hydrogens (primary N) is 1. The number of hydrogen-bond donors (Lipinski definition) is 1. The van der Waals surface area contributed by atoms with Gasteiger partial charge in [0.05, 0.1) is 12.1 Å². The lowest BCUT2D eigenvalue weighted by Gasteiger charge is -2.19. The largest absolute Gasteiger partial charge is 0.474 e. The fourth-order valence-electron chi connectivity index (χ4n) is 2.20. The van der Waals surface area contributed by atoms with Gasteiger partial charge in [-0.3, -0.25) is 4.79 Å². The third-order valence-corrected chi connectivity index (χ3v) is 3.81. The van der Waals surface area contributed by atoms with Gasteiger partial charge >= 0.3 is 18.1 Å². The van der Waals surface area contributed by atoms with Crippen molar-refractivity contribution in [3.05, 3.63) is 64.7 Å². The lowest BCUT2D eigenvalue weighted by molar-refractivity contribution is -0.157. The van der Waals surface area contributed by atoms with Crippen molar-refractivity contribution in [2.75, 3.05) is 19.8 Å². The number of ether oxygens (including phenoxy) is 3. The summed E-state index contributed by atoms with van der Waals surface area (Å²) >= 11 is 5.83. The van der Waals surface area contributed by atoms with Gasteiger partial charge in [-0.15, -0.1) is 0 Å². The maximum atomic E-state index is 12.9. The summed E-state index contributed by atoms with van der Waals surface area (Å²) < 4.78 is 54.0. The molecular formula is C19H17ClF3NO5. The van der Waals surface area contributed by atoms with Gasteiger partial charge in [0.1, 0.15) is 19.0 Å². The molecular weight excluding hydrogens is 415 g/mol. The van der Waals surface area contributed by atoms with Crippen molar-refractivity contribution >= 4 is 23.5 Å². The Labute approximate surface area is 169 Å². The molecule has 0 aliphatic heterocycles. The van der Waals surface area contributed by atoms with E-state index in [0.29, 0.717) is 10.6 Å². The van der Waals surface area contributed by atoms with Gasteiger partial charge in [0.2, 0.25) is 6.10 Å². The van der Waals surface area contributed by atoms with E-state index in [-0.39, 0.29) is 25.5 Å². The van der Waals surface area contributed by atoms with Crippen molar-refractivity contribution in [2.45, 2.75) is 12.3 Å². The Morgan fingerprint density at radius 2 is 1.69 bits per heavy atom. The lowest BCUT2D eigenvalue weighted by atomic mass is 10.1. The first-order chi connectivity index (χ1) is 13.7. The fourth-order valence-corrected chi connectivity index (χ4v) is 2.33. The first-order valence-corrected chi connectivity index (χ1v) is 8.70. The molecule has 10 heteroatoms. The van der Waals surface area contributed by atoms with Crippen molar-refractivity contribution in [1.29, 1.82) is 0 Å². The normalized spacial score (nSPS) is 12.2. The molecule has 29 heavy (non-hydrogen) atoms. The van der Waals surface area contributed by atoms with E-state index >= 15 is 0 Å². The third kappa shape index (κ3) is 6.95. The standard InChI is InChI=1S/C19H17ClF3NO5/c20-14-6-4-12(5-7-14)17(18(26)28-9-8-27-16(25)11-24)29-15-3-1-2-13(10-15)19(21,22)23/h1-7,10,17H,8-9,11,24H2. The van der Waals surface area contributed by atoms with Gasteiger partial charge in [0.25, 0.3) is 0 Å². The Hall–Kier alpha value is -2.78. The minimum absolute atomic E-state index is 0.175. The van der Waals surface area contributed by atoms with Crippen LogP contribution in [-0.4, -0.2) is 31.7 Å². The molecule has 0 heterocycles. The number of alkyl halides is 3. The van der Waals surface area contributed by atoms with Gasteiger partial charge in [0.15, 0.2) is 0 Å². The molecule has 0 saturated carbocycles. The highest BCUT2D eigenvalue weighted by atomic mass is 35.5. The first-order valence-electron chi connectivity index (χ1n) is 8.32. The number of rotatable bonds is 8. The minimum Gasteiger partial charge on any atom is -0.474 e. The second-order valence-corrected chi connectivity index (χ2v) is 6.10. The zero-order valence-electron chi connectivity index (χ0n) is 14.9. The summed E-state index contributed by atoms with van der Waals surface area (Å²) in [5.41, 5.74) is 4.48. The smallest absolute Gasteiger partial charge is 0.416 e. The Kier molecular flexibility index (Phi) is 7.86. The van der Waals surface area contributed by atoms with E-state index < -0.39 is 29.8 Å². The molecule has 1 unspecified atom stereocenters. The molecule has 0 aliphatic carbocycles. The zero-order valence-corrected chi connectivity index (χ0v) is 15.7. The number of carbonyl (C=O) groups is 2. The van der Waals surface area contributed by atoms with Crippen LogP contribution in [0.2, 0.25) is 5.02 Å². The quantitative estimate of drug-likeness (QED) is 0.508. The van der Waals surface area contributed by atoms with Crippen molar-refractivity contribution in [1.82, 2.24) is 0 Å². The maximum Gasteiger partial charge on any atom is 0.416 e. The molecule has 2 aromatic rings. The van der Waals surface area contributed by atoms with E-state index in [1.54, 1.807) is 0 Å². The van der Waals surface area contributed by atoms with Crippen LogP contribution in [0.1, 0.15) is 17.2 Å². The number of benzene rings is 2. The van der Waals surface area contributed by atoms with Gasteiger partial charge in [-0.05, 0) is 30.3 Å². The van der Waals surface area contributed by atoms with E-state index in [0.717, 1.165) is 18.2 Å². The molecule has 6 nitrogen and oxygen atoms in total. The van der Waals surface area contributed by atoms with Crippen molar-refractivity contribution < 1.29 is 37.0 Å². The highest BCUT2D eigenvalue weighted by Crippen LogP contribution is 2.33. The van der Waals surface area contributed by atoms with Crippen LogP contribution in [0.15, 0.2) is 48.5 Å². The molecule has 156 valence electrons. The van der Waals surface area contributed by atoms with Crippen LogP contribution in [-0.2, 0) is 25.2 Å². The predicted molar refractivity (Wildman–Crippen MR) is 97.2 cm³/mol. The molecule has 0 aliphatic rings. The van der Waals surface area contributed by atoms with Crippen molar-refractivity contribution in [3.63, 3.8) is 0 Å². The summed E-state index contributed by atoms with van der Waals surface area (Å²) in [6.07, 6.45) is -5.93. The molecule has 2 rings (SSSR count). The summed E-state index contributed by atoms with van der Waals surface area (Å²) in [6.45, 7) is -0.820. The summed E-state index contributed by atoms with van der Waals surface area (Å²) in [4.78, 5) is 23.4. The van der Waals surface area contributed by atoms with Gasteiger partial charge < -0.3 is 19.9 Å².